The van der Waals surface area contributed by atoms with E-state index in [2.05, 4.69) is 4.72 Å². The van der Waals surface area contributed by atoms with Crippen LogP contribution in [-0.2, 0) is 8.98 Å². The van der Waals surface area contributed by atoms with Gasteiger partial charge in [0.05, 0.1) is 27.0 Å². The Bertz CT molecular complexity index is 414. The van der Waals surface area contributed by atoms with E-state index in [4.69, 9.17) is 23.5 Å². The van der Waals surface area contributed by atoms with E-state index in [9.17, 15) is 4.79 Å². The minimum atomic E-state index is -1.04. The zero-order valence-electron chi connectivity index (χ0n) is 10.8. The molecule has 7 nitrogen and oxygen atoms in total. The fraction of sp³-hybridized carbons (Fsp3) is 0.364. The largest absolute Gasteiger partial charge is 0.493 e. The van der Waals surface area contributed by atoms with Gasteiger partial charge in [-0.2, -0.15) is 0 Å². The zero-order chi connectivity index (χ0) is 14.3. The van der Waals surface area contributed by atoms with Crippen molar-refractivity contribution < 1.29 is 28.3 Å². The molecule has 1 rings (SSSR count). The van der Waals surface area contributed by atoms with E-state index in [1.165, 1.54) is 21.3 Å². The SMILES string of the molecule is COc1cc(NSOCC(=O)O)cc(OC)c1OC. The summed E-state index contributed by atoms with van der Waals surface area (Å²) in [4.78, 5) is 10.3. The van der Waals surface area contributed by atoms with Crippen molar-refractivity contribution in [2.24, 2.45) is 0 Å². The number of hydrogen-bond donors (Lipinski definition) is 2. The number of carboxylic acid groups (broad SMARTS) is 1. The first-order chi connectivity index (χ1) is 9.12. The molecule has 0 heterocycles. The number of methoxy groups -OCH3 is 3. The van der Waals surface area contributed by atoms with Crippen LogP contribution in [0.5, 0.6) is 17.2 Å². The minimum absolute atomic E-state index is 0.401. The number of nitrogens with one attached hydrogen (secondary N) is 1. The molecule has 0 unspecified atom stereocenters. The highest BCUT2D eigenvalue weighted by Crippen LogP contribution is 2.40. The number of ether oxygens (including phenoxy) is 3. The van der Waals surface area contributed by atoms with Gasteiger partial charge in [-0.15, -0.1) is 0 Å². The van der Waals surface area contributed by atoms with Crippen molar-refractivity contribution in [1.29, 1.82) is 0 Å². The number of carbonyl (C=O) groups is 1. The van der Waals surface area contributed by atoms with Gasteiger partial charge in [-0.25, -0.2) is 4.79 Å². The Hall–Kier alpha value is -1.80. The highest BCUT2D eigenvalue weighted by molar-refractivity contribution is 7.96. The molecule has 0 aliphatic rings. The van der Waals surface area contributed by atoms with Crippen LogP contribution < -0.4 is 18.9 Å². The topological polar surface area (TPSA) is 86.3 Å². The van der Waals surface area contributed by atoms with Crippen molar-refractivity contribution in [1.82, 2.24) is 0 Å². The fourth-order valence-corrected chi connectivity index (χ4v) is 1.73. The standard InChI is InChI=1S/C11H15NO6S/c1-15-8-4-7(12-19-18-6-10(13)14)5-9(16-2)11(8)17-3/h4-5,12H,6H2,1-3H3,(H,13,14). The summed E-state index contributed by atoms with van der Waals surface area (Å²) in [5, 5.41) is 8.42. The molecule has 0 radical (unpaired) electrons. The lowest BCUT2D eigenvalue weighted by Crippen LogP contribution is -2.04. The first-order valence-corrected chi connectivity index (χ1v) is 5.92. The van der Waals surface area contributed by atoms with Gasteiger partial charge < -0.3 is 24.0 Å². The molecule has 0 amide bonds. The minimum Gasteiger partial charge on any atom is -0.493 e. The number of anilines is 1. The van der Waals surface area contributed by atoms with Crippen LogP contribution in [0.15, 0.2) is 12.1 Å². The summed E-state index contributed by atoms with van der Waals surface area (Å²) in [6.45, 7) is -0.401. The van der Waals surface area contributed by atoms with Gasteiger partial charge in [0.2, 0.25) is 5.75 Å². The first kappa shape index (κ1) is 15.3. The van der Waals surface area contributed by atoms with Crippen molar-refractivity contribution in [3.63, 3.8) is 0 Å². The second kappa shape index (κ2) is 7.59. The van der Waals surface area contributed by atoms with Crippen molar-refractivity contribution in [3.05, 3.63) is 12.1 Å². The van der Waals surface area contributed by atoms with E-state index in [1.54, 1.807) is 12.1 Å². The van der Waals surface area contributed by atoms with Crippen LogP contribution in [0.2, 0.25) is 0 Å². The van der Waals surface area contributed by atoms with Crippen molar-refractivity contribution in [3.8, 4) is 17.2 Å². The predicted octanol–water partition coefficient (Wildman–Crippen LogP) is 1.79. The van der Waals surface area contributed by atoms with Crippen LogP contribution in [0, 0.1) is 0 Å². The van der Waals surface area contributed by atoms with Crippen LogP contribution in [0.3, 0.4) is 0 Å². The Morgan fingerprint density at radius 3 is 2.21 bits per heavy atom. The van der Waals surface area contributed by atoms with Crippen molar-refractivity contribution in [2.45, 2.75) is 0 Å². The smallest absolute Gasteiger partial charge is 0.331 e. The lowest BCUT2D eigenvalue weighted by atomic mass is 10.2. The number of hydrogen-bond acceptors (Lipinski definition) is 7. The molecule has 0 bridgehead atoms. The van der Waals surface area contributed by atoms with E-state index in [0.29, 0.717) is 22.9 Å². The van der Waals surface area contributed by atoms with E-state index in [-0.39, 0.29) is 0 Å². The summed E-state index contributed by atoms with van der Waals surface area (Å²) < 4.78 is 23.1. The monoisotopic (exact) mass is 289 g/mol. The van der Waals surface area contributed by atoms with Gasteiger partial charge in [0.1, 0.15) is 12.2 Å². The molecule has 1 aromatic rings. The van der Waals surface area contributed by atoms with Crippen LogP contribution in [0.4, 0.5) is 5.69 Å². The molecule has 0 saturated heterocycles. The second-order valence-corrected chi connectivity index (χ2v) is 3.86. The molecule has 0 aliphatic heterocycles. The highest BCUT2D eigenvalue weighted by atomic mass is 32.2. The summed E-state index contributed by atoms with van der Waals surface area (Å²) in [7, 11) is 4.53. The molecule has 0 aromatic heterocycles. The van der Waals surface area contributed by atoms with Crippen LogP contribution >= 0.6 is 12.2 Å². The van der Waals surface area contributed by atoms with E-state index in [0.717, 1.165) is 12.2 Å². The zero-order valence-corrected chi connectivity index (χ0v) is 11.6. The van der Waals surface area contributed by atoms with Gasteiger partial charge >= 0.3 is 5.97 Å². The Morgan fingerprint density at radius 1 is 1.21 bits per heavy atom. The van der Waals surface area contributed by atoms with E-state index in [1.807, 2.05) is 0 Å². The van der Waals surface area contributed by atoms with Gasteiger partial charge in [-0.3, -0.25) is 4.18 Å². The maximum absolute atomic E-state index is 10.3. The highest BCUT2D eigenvalue weighted by Gasteiger charge is 2.13. The second-order valence-electron chi connectivity index (χ2n) is 3.26. The van der Waals surface area contributed by atoms with Crippen LogP contribution in [-0.4, -0.2) is 39.0 Å². The number of rotatable bonds is 8. The third-order valence-corrected chi connectivity index (χ3v) is 2.62. The average Bonchev–Trinajstić information content (AvgIpc) is 2.42. The van der Waals surface area contributed by atoms with Gasteiger partial charge in [0.15, 0.2) is 18.1 Å². The van der Waals surface area contributed by atoms with E-state index < -0.39 is 12.6 Å². The Balaban J connectivity index is 2.76. The number of carboxylic acids is 1. The van der Waals surface area contributed by atoms with Gasteiger partial charge in [-0.1, -0.05) is 0 Å². The molecular formula is C11H15NO6S. The Labute approximate surface area is 115 Å². The molecule has 1 aromatic carbocycles. The Morgan fingerprint density at radius 2 is 1.79 bits per heavy atom. The molecule has 0 atom stereocenters. The molecule has 2 N–H and O–H groups in total. The number of benzene rings is 1. The molecule has 0 spiro atoms. The first-order valence-electron chi connectivity index (χ1n) is 5.18. The summed E-state index contributed by atoms with van der Waals surface area (Å²) in [5.41, 5.74) is 0.630. The van der Waals surface area contributed by atoms with Crippen molar-refractivity contribution >= 4 is 23.9 Å². The fourth-order valence-electron chi connectivity index (χ4n) is 1.30. The lowest BCUT2D eigenvalue weighted by molar-refractivity contribution is -0.138. The van der Waals surface area contributed by atoms with Crippen LogP contribution in [0.1, 0.15) is 0 Å². The van der Waals surface area contributed by atoms with Crippen molar-refractivity contribution in [2.75, 3.05) is 32.7 Å². The van der Waals surface area contributed by atoms with Gasteiger partial charge in [0.25, 0.3) is 0 Å². The maximum Gasteiger partial charge on any atom is 0.331 e. The molecule has 8 heteroatoms. The maximum atomic E-state index is 10.3. The third-order valence-electron chi connectivity index (χ3n) is 2.07. The predicted molar refractivity (Wildman–Crippen MR) is 70.9 cm³/mol. The summed E-state index contributed by atoms with van der Waals surface area (Å²) in [5.74, 6) is 0.414. The summed E-state index contributed by atoms with van der Waals surface area (Å²) in [6, 6.07) is 3.36. The molecule has 0 aliphatic carbocycles. The number of aliphatic carboxylic acids is 1. The van der Waals surface area contributed by atoms with Crippen LogP contribution in [0.25, 0.3) is 0 Å². The lowest BCUT2D eigenvalue weighted by Gasteiger charge is -2.14. The third kappa shape index (κ3) is 4.42. The quantitative estimate of drug-likeness (QED) is 0.425. The normalized spacial score (nSPS) is 9.84. The molecule has 19 heavy (non-hydrogen) atoms. The summed E-state index contributed by atoms with van der Waals surface area (Å²) in [6.07, 6.45) is 0. The molecular weight excluding hydrogens is 274 g/mol. The van der Waals surface area contributed by atoms with Gasteiger partial charge in [0, 0.05) is 12.1 Å². The molecule has 0 saturated carbocycles. The summed E-state index contributed by atoms with van der Waals surface area (Å²) >= 11 is 0.804. The average molecular weight is 289 g/mol. The van der Waals surface area contributed by atoms with E-state index >= 15 is 0 Å². The van der Waals surface area contributed by atoms with Gasteiger partial charge in [-0.05, 0) is 0 Å². The molecule has 0 fully saturated rings. The Kier molecular flexibility index (Phi) is 6.10. The molecule has 106 valence electrons.